The van der Waals surface area contributed by atoms with Gasteiger partial charge in [-0.1, -0.05) is 6.92 Å². The summed E-state index contributed by atoms with van der Waals surface area (Å²) in [6, 6.07) is 1.89. The average Bonchev–Trinajstić information content (AvgIpc) is 2.09. The SMILES string of the molecule is CCc1c(C(=O)O)ccc(F)c1F. The standard InChI is InChI=1S/C9H8F2O2/c1-2-5-6(9(12)13)3-4-7(10)8(5)11/h3-4H,2H2,1H3,(H,12,13). The van der Waals surface area contributed by atoms with E-state index in [4.69, 9.17) is 5.11 Å². The van der Waals surface area contributed by atoms with Gasteiger partial charge in [0.2, 0.25) is 0 Å². The summed E-state index contributed by atoms with van der Waals surface area (Å²) in [5.74, 6) is -3.32. The molecular weight excluding hydrogens is 178 g/mol. The molecule has 1 N–H and O–H groups in total. The van der Waals surface area contributed by atoms with Crippen LogP contribution in [0.5, 0.6) is 0 Å². The quantitative estimate of drug-likeness (QED) is 0.768. The number of hydrogen-bond donors (Lipinski definition) is 1. The monoisotopic (exact) mass is 186 g/mol. The molecular formula is C9H8F2O2. The minimum absolute atomic E-state index is 0.0903. The number of carboxylic acid groups (broad SMARTS) is 1. The average molecular weight is 186 g/mol. The van der Waals surface area contributed by atoms with Crippen LogP contribution in [0.15, 0.2) is 12.1 Å². The summed E-state index contributed by atoms with van der Waals surface area (Å²) in [5.41, 5.74) is -0.270. The minimum Gasteiger partial charge on any atom is -0.478 e. The molecule has 0 amide bonds. The fourth-order valence-electron chi connectivity index (χ4n) is 1.14. The van der Waals surface area contributed by atoms with Crippen molar-refractivity contribution < 1.29 is 18.7 Å². The molecule has 0 spiro atoms. The fourth-order valence-corrected chi connectivity index (χ4v) is 1.14. The third kappa shape index (κ3) is 1.66. The van der Waals surface area contributed by atoms with Gasteiger partial charge < -0.3 is 5.11 Å². The lowest BCUT2D eigenvalue weighted by Crippen LogP contribution is -2.05. The van der Waals surface area contributed by atoms with Crippen molar-refractivity contribution in [2.45, 2.75) is 13.3 Å². The summed E-state index contributed by atoms with van der Waals surface area (Å²) >= 11 is 0. The van der Waals surface area contributed by atoms with Crippen LogP contribution in [-0.2, 0) is 6.42 Å². The molecule has 1 aromatic rings. The number of halogens is 2. The Morgan fingerprint density at radius 3 is 2.54 bits per heavy atom. The summed E-state index contributed by atoms with van der Waals surface area (Å²) in [6.45, 7) is 1.57. The third-order valence-corrected chi connectivity index (χ3v) is 1.78. The van der Waals surface area contributed by atoms with E-state index >= 15 is 0 Å². The third-order valence-electron chi connectivity index (χ3n) is 1.78. The second-order valence-electron chi connectivity index (χ2n) is 2.55. The molecule has 1 aromatic carbocycles. The smallest absolute Gasteiger partial charge is 0.336 e. The van der Waals surface area contributed by atoms with Crippen molar-refractivity contribution in [1.82, 2.24) is 0 Å². The molecule has 0 saturated heterocycles. The first-order valence-electron chi connectivity index (χ1n) is 3.78. The Labute approximate surface area is 73.8 Å². The summed E-state index contributed by atoms with van der Waals surface area (Å²) in [7, 11) is 0. The normalized spacial score (nSPS) is 10.1. The lowest BCUT2D eigenvalue weighted by Gasteiger charge is -2.04. The van der Waals surface area contributed by atoms with E-state index in [-0.39, 0.29) is 17.5 Å². The predicted molar refractivity (Wildman–Crippen MR) is 42.7 cm³/mol. The van der Waals surface area contributed by atoms with Crippen LogP contribution >= 0.6 is 0 Å². The molecule has 0 heterocycles. The molecule has 4 heteroatoms. The van der Waals surface area contributed by atoms with Crippen LogP contribution in [0.2, 0.25) is 0 Å². The number of hydrogen-bond acceptors (Lipinski definition) is 1. The number of carbonyl (C=O) groups is 1. The highest BCUT2D eigenvalue weighted by atomic mass is 19.2. The van der Waals surface area contributed by atoms with Gasteiger partial charge in [0, 0.05) is 5.56 Å². The van der Waals surface area contributed by atoms with E-state index in [1.807, 2.05) is 0 Å². The Hall–Kier alpha value is -1.45. The largest absolute Gasteiger partial charge is 0.478 e. The molecule has 0 aliphatic carbocycles. The van der Waals surface area contributed by atoms with Crippen LogP contribution in [0.4, 0.5) is 8.78 Å². The van der Waals surface area contributed by atoms with Gasteiger partial charge in [0.05, 0.1) is 5.56 Å². The van der Waals surface area contributed by atoms with Crippen LogP contribution < -0.4 is 0 Å². The van der Waals surface area contributed by atoms with Gasteiger partial charge in [-0.25, -0.2) is 13.6 Å². The number of benzene rings is 1. The maximum Gasteiger partial charge on any atom is 0.336 e. The van der Waals surface area contributed by atoms with Crippen LogP contribution in [0.25, 0.3) is 0 Å². The second-order valence-corrected chi connectivity index (χ2v) is 2.55. The Kier molecular flexibility index (Phi) is 2.60. The molecule has 70 valence electrons. The highest BCUT2D eigenvalue weighted by Gasteiger charge is 2.15. The van der Waals surface area contributed by atoms with E-state index in [1.165, 1.54) is 0 Å². The molecule has 0 aliphatic rings. The first-order chi connectivity index (χ1) is 6.07. The van der Waals surface area contributed by atoms with Gasteiger partial charge in [-0.05, 0) is 18.6 Å². The van der Waals surface area contributed by atoms with Crippen molar-refractivity contribution >= 4 is 5.97 Å². The molecule has 0 atom stereocenters. The highest BCUT2D eigenvalue weighted by molar-refractivity contribution is 5.89. The number of carboxylic acids is 1. The Bertz CT molecular complexity index is 348. The molecule has 0 aromatic heterocycles. The van der Waals surface area contributed by atoms with Gasteiger partial charge in [0.25, 0.3) is 0 Å². The summed E-state index contributed by atoms with van der Waals surface area (Å²) < 4.78 is 25.6. The molecule has 0 fully saturated rings. The zero-order valence-corrected chi connectivity index (χ0v) is 6.97. The van der Waals surface area contributed by atoms with Crippen LogP contribution in [0, 0.1) is 11.6 Å². The summed E-state index contributed by atoms with van der Waals surface area (Å²) in [6.07, 6.45) is 0.158. The first kappa shape index (κ1) is 9.64. The van der Waals surface area contributed by atoms with E-state index in [2.05, 4.69) is 0 Å². The van der Waals surface area contributed by atoms with Crippen molar-refractivity contribution in [2.75, 3.05) is 0 Å². The Balaban J connectivity index is 3.38. The summed E-state index contributed by atoms with van der Waals surface area (Å²) in [5, 5.41) is 8.62. The molecule has 0 saturated carbocycles. The van der Waals surface area contributed by atoms with Gasteiger partial charge in [-0.15, -0.1) is 0 Å². The minimum atomic E-state index is -1.24. The van der Waals surface area contributed by atoms with Crippen LogP contribution in [-0.4, -0.2) is 11.1 Å². The van der Waals surface area contributed by atoms with Crippen molar-refractivity contribution in [1.29, 1.82) is 0 Å². The Morgan fingerprint density at radius 1 is 1.46 bits per heavy atom. The first-order valence-corrected chi connectivity index (χ1v) is 3.78. The molecule has 13 heavy (non-hydrogen) atoms. The lowest BCUT2D eigenvalue weighted by molar-refractivity contribution is 0.0695. The van der Waals surface area contributed by atoms with Crippen molar-refractivity contribution in [3.8, 4) is 0 Å². The van der Waals surface area contributed by atoms with Crippen molar-refractivity contribution in [3.63, 3.8) is 0 Å². The van der Waals surface area contributed by atoms with Gasteiger partial charge >= 0.3 is 5.97 Å². The van der Waals surface area contributed by atoms with Crippen LogP contribution in [0.1, 0.15) is 22.8 Å². The van der Waals surface area contributed by atoms with E-state index in [0.717, 1.165) is 12.1 Å². The van der Waals surface area contributed by atoms with Gasteiger partial charge in [0.1, 0.15) is 0 Å². The van der Waals surface area contributed by atoms with Gasteiger partial charge in [-0.2, -0.15) is 0 Å². The number of rotatable bonds is 2. The van der Waals surface area contributed by atoms with Crippen molar-refractivity contribution in [3.05, 3.63) is 34.9 Å². The van der Waals surface area contributed by atoms with E-state index in [9.17, 15) is 13.6 Å². The molecule has 0 aliphatic heterocycles. The Morgan fingerprint density at radius 2 is 2.08 bits per heavy atom. The number of aromatic carboxylic acids is 1. The highest BCUT2D eigenvalue weighted by Crippen LogP contribution is 2.17. The molecule has 0 radical (unpaired) electrons. The summed E-state index contributed by atoms with van der Waals surface area (Å²) in [4.78, 5) is 10.6. The zero-order valence-electron chi connectivity index (χ0n) is 6.97. The lowest BCUT2D eigenvalue weighted by atomic mass is 10.0. The fraction of sp³-hybridized carbons (Fsp3) is 0.222. The predicted octanol–water partition coefficient (Wildman–Crippen LogP) is 2.23. The van der Waals surface area contributed by atoms with Gasteiger partial charge in [0.15, 0.2) is 11.6 Å². The molecule has 0 unspecified atom stereocenters. The van der Waals surface area contributed by atoms with Crippen LogP contribution in [0.3, 0.4) is 0 Å². The van der Waals surface area contributed by atoms with E-state index in [1.54, 1.807) is 6.92 Å². The van der Waals surface area contributed by atoms with E-state index in [0.29, 0.717) is 0 Å². The molecule has 2 nitrogen and oxygen atoms in total. The second kappa shape index (κ2) is 3.51. The molecule has 1 rings (SSSR count). The molecule has 0 bridgehead atoms. The zero-order chi connectivity index (χ0) is 10.0. The van der Waals surface area contributed by atoms with Gasteiger partial charge in [-0.3, -0.25) is 0 Å². The van der Waals surface area contributed by atoms with Crippen molar-refractivity contribution in [2.24, 2.45) is 0 Å². The van der Waals surface area contributed by atoms with E-state index < -0.39 is 17.6 Å². The maximum atomic E-state index is 13.0. The topological polar surface area (TPSA) is 37.3 Å². The maximum absolute atomic E-state index is 13.0.